The van der Waals surface area contributed by atoms with E-state index in [1.54, 1.807) is 0 Å². The van der Waals surface area contributed by atoms with E-state index in [-0.39, 0.29) is 29.9 Å². The summed E-state index contributed by atoms with van der Waals surface area (Å²) < 4.78 is 0. The average Bonchev–Trinajstić information content (AvgIpc) is 3.03. The number of nitrogens with one attached hydrogen (secondary N) is 3. The Kier molecular flexibility index (Phi) is 6.74. The number of nitrogens with two attached hydrogens (primary N) is 1. The van der Waals surface area contributed by atoms with Crippen LogP contribution in [0.2, 0.25) is 0 Å². The van der Waals surface area contributed by atoms with E-state index in [9.17, 15) is 9.59 Å². The minimum atomic E-state index is -0.0462. The maximum Gasteiger partial charge on any atom is 0.237 e. The number of carbonyl (C=O) groups is 2. The number of fused-ring (bicyclic) bond motifs is 1. The molecule has 0 spiro atoms. The molecular formula is C18H31BrN4O2. The molecule has 6 nitrogen and oxygen atoms in total. The van der Waals surface area contributed by atoms with Gasteiger partial charge in [-0.25, -0.2) is 0 Å². The van der Waals surface area contributed by atoms with Gasteiger partial charge in [0.2, 0.25) is 11.8 Å². The molecule has 0 aromatic carbocycles. The molecule has 4 atom stereocenters. The molecule has 5 N–H and O–H groups in total. The molecule has 0 aromatic rings. The second-order valence-electron chi connectivity index (χ2n) is 7.85. The lowest BCUT2D eigenvalue weighted by atomic mass is 9.85. The molecule has 2 aliphatic carbocycles. The van der Waals surface area contributed by atoms with Crippen molar-refractivity contribution in [2.75, 3.05) is 6.54 Å². The maximum atomic E-state index is 12.6. The predicted molar refractivity (Wildman–Crippen MR) is 101 cm³/mol. The van der Waals surface area contributed by atoms with Gasteiger partial charge in [-0.05, 0) is 50.9 Å². The molecule has 0 bridgehead atoms. The molecule has 0 radical (unpaired) electrons. The molecule has 0 aromatic heterocycles. The Balaban J connectivity index is 1.40. The van der Waals surface area contributed by atoms with Crippen LogP contribution in [-0.2, 0) is 9.59 Å². The summed E-state index contributed by atoms with van der Waals surface area (Å²) >= 11 is 3.77. The largest absolute Gasteiger partial charge is 0.353 e. The number of carbonyl (C=O) groups excluding carboxylic acids is 2. The van der Waals surface area contributed by atoms with Crippen LogP contribution in [0.1, 0.15) is 57.8 Å². The van der Waals surface area contributed by atoms with E-state index in [2.05, 4.69) is 31.9 Å². The molecule has 3 rings (SSSR count). The van der Waals surface area contributed by atoms with Crippen LogP contribution in [0.25, 0.3) is 0 Å². The Bertz CT molecular complexity index is 482. The molecule has 2 saturated carbocycles. The van der Waals surface area contributed by atoms with Gasteiger partial charge in [-0.15, -0.1) is 0 Å². The first-order valence-corrected chi connectivity index (χ1v) is 10.7. The minimum Gasteiger partial charge on any atom is -0.353 e. The van der Waals surface area contributed by atoms with Crippen LogP contribution in [0.4, 0.5) is 0 Å². The zero-order chi connectivity index (χ0) is 17.8. The van der Waals surface area contributed by atoms with Crippen LogP contribution < -0.4 is 21.7 Å². The van der Waals surface area contributed by atoms with Gasteiger partial charge in [-0.3, -0.25) is 9.59 Å². The van der Waals surface area contributed by atoms with Gasteiger partial charge in [0.05, 0.1) is 6.04 Å². The summed E-state index contributed by atoms with van der Waals surface area (Å²) in [6.45, 7) is 0.392. The Morgan fingerprint density at radius 1 is 1.04 bits per heavy atom. The summed E-state index contributed by atoms with van der Waals surface area (Å²) in [5, 5.41) is 9.83. The van der Waals surface area contributed by atoms with Gasteiger partial charge in [-0.2, -0.15) is 0 Å². The molecule has 7 heteroatoms. The fraction of sp³-hybridized carbons (Fsp3) is 0.889. The number of hydrogen-bond acceptors (Lipinski definition) is 4. The summed E-state index contributed by atoms with van der Waals surface area (Å²) in [7, 11) is 0. The van der Waals surface area contributed by atoms with E-state index in [1.807, 2.05) is 0 Å². The van der Waals surface area contributed by atoms with Gasteiger partial charge in [0, 0.05) is 35.9 Å². The fourth-order valence-corrected chi connectivity index (χ4v) is 5.54. The summed E-state index contributed by atoms with van der Waals surface area (Å²) in [5.74, 6) is 0.823. The number of halogens is 1. The van der Waals surface area contributed by atoms with Gasteiger partial charge < -0.3 is 21.7 Å². The highest BCUT2D eigenvalue weighted by atomic mass is 79.9. The van der Waals surface area contributed by atoms with Crippen molar-refractivity contribution >= 4 is 27.7 Å². The first-order valence-electron chi connectivity index (χ1n) is 9.76. The van der Waals surface area contributed by atoms with E-state index in [0.717, 1.165) is 32.1 Å². The van der Waals surface area contributed by atoms with Crippen LogP contribution in [-0.4, -0.2) is 47.4 Å². The van der Waals surface area contributed by atoms with Crippen LogP contribution in [0.5, 0.6) is 0 Å². The first kappa shape index (κ1) is 19.1. The quantitative estimate of drug-likeness (QED) is 0.507. The van der Waals surface area contributed by atoms with Gasteiger partial charge >= 0.3 is 0 Å². The molecule has 2 amide bonds. The smallest absolute Gasteiger partial charge is 0.237 e. The SMILES string of the molecule is NCCC(=O)NC1CCC(NC(=O)C2CC3CCCC(Br)C3N2)CC1. The summed E-state index contributed by atoms with van der Waals surface area (Å²) in [6.07, 6.45) is 8.75. The van der Waals surface area contributed by atoms with Crippen molar-refractivity contribution in [2.45, 2.75) is 86.8 Å². The maximum absolute atomic E-state index is 12.6. The van der Waals surface area contributed by atoms with Crippen molar-refractivity contribution in [1.29, 1.82) is 0 Å². The Hall–Kier alpha value is -0.660. The van der Waals surface area contributed by atoms with E-state index in [1.165, 1.54) is 19.3 Å². The van der Waals surface area contributed by atoms with Crippen molar-refractivity contribution in [1.82, 2.24) is 16.0 Å². The molecule has 4 unspecified atom stereocenters. The van der Waals surface area contributed by atoms with Crippen LogP contribution in [0, 0.1) is 5.92 Å². The fourth-order valence-electron chi connectivity index (χ4n) is 4.64. The van der Waals surface area contributed by atoms with Crippen LogP contribution >= 0.6 is 15.9 Å². The number of amides is 2. The van der Waals surface area contributed by atoms with E-state index < -0.39 is 0 Å². The molecule has 1 saturated heterocycles. The lowest BCUT2D eigenvalue weighted by Crippen LogP contribution is -2.50. The molecular weight excluding hydrogens is 384 g/mol. The molecule has 3 aliphatic rings. The van der Waals surface area contributed by atoms with Crippen LogP contribution in [0.3, 0.4) is 0 Å². The highest BCUT2D eigenvalue weighted by Crippen LogP contribution is 2.36. The minimum absolute atomic E-state index is 0.0390. The van der Waals surface area contributed by atoms with E-state index >= 15 is 0 Å². The second kappa shape index (κ2) is 8.82. The standard InChI is InChI=1S/C18H31BrN4O2/c19-14-3-1-2-11-10-15(23-17(11)14)18(25)22-13-6-4-12(5-7-13)21-16(24)8-9-20/h11-15,17,23H,1-10,20H2,(H,21,24)(H,22,25). The van der Waals surface area contributed by atoms with Gasteiger partial charge in [0.1, 0.15) is 0 Å². The third kappa shape index (κ3) is 4.95. The zero-order valence-electron chi connectivity index (χ0n) is 14.8. The summed E-state index contributed by atoms with van der Waals surface area (Å²) in [5.41, 5.74) is 5.41. The molecule has 3 fully saturated rings. The molecule has 1 aliphatic heterocycles. The highest BCUT2D eigenvalue weighted by Gasteiger charge is 2.42. The highest BCUT2D eigenvalue weighted by molar-refractivity contribution is 9.09. The average molecular weight is 415 g/mol. The van der Waals surface area contributed by atoms with Crippen molar-refractivity contribution in [3.05, 3.63) is 0 Å². The topological polar surface area (TPSA) is 96.2 Å². The van der Waals surface area contributed by atoms with Gasteiger partial charge in [-0.1, -0.05) is 22.4 Å². The van der Waals surface area contributed by atoms with Gasteiger partial charge in [0.15, 0.2) is 0 Å². The summed E-state index contributed by atoms with van der Waals surface area (Å²) in [6, 6.07) is 0.862. The molecule has 142 valence electrons. The lowest BCUT2D eigenvalue weighted by Gasteiger charge is -2.30. The van der Waals surface area contributed by atoms with Crippen LogP contribution in [0.15, 0.2) is 0 Å². The van der Waals surface area contributed by atoms with Crippen molar-refractivity contribution in [2.24, 2.45) is 11.7 Å². The summed E-state index contributed by atoms with van der Waals surface area (Å²) in [4.78, 5) is 24.8. The predicted octanol–water partition coefficient (Wildman–Crippen LogP) is 1.17. The van der Waals surface area contributed by atoms with E-state index in [4.69, 9.17) is 5.73 Å². The molecule has 25 heavy (non-hydrogen) atoms. The Morgan fingerprint density at radius 3 is 2.36 bits per heavy atom. The van der Waals surface area contributed by atoms with Crippen molar-refractivity contribution < 1.29 is 9.59 Å². The normalized spacial score (nSPS) is 38.0. The molecule has 1 heterocycles. The van der Waals surface area contributed by atoms with E-state index in [0.29, 0.717) is 29.8 Å². The van der Waals surface area contributed by atoms with Gasteiger partial charge in [0.25, 0.3) is 0 Å². The second-order valence-corrected chi connectivity index (χ2v) is 9.03. The number of hydrogen-bond donors (Lipinski definition) is 4. The van der Waals surface area contributed by atoms with Crippen molar-refractivity contribution in [3.63, 3.8) is 0 Å². The number of alkyl halides is 1. The zero-order valence-corrected chi connectivity index (χ0v) is 16.4. The Morgan fingerprint density at radius 2 is 1.72 bits per heavy atom. The third-order valence-electron chi connectivity index (χ3n) is 6.01. The van der Waals surface area contributed by atoms with Crippen molar-refractivity contribution in [3.8, 4) is 0 Å². The lowest BCUT2D eigenvalue weighted by molar-refractivity contribution is -0.124. The monoisotopic (exact) mass is 414 g/mol. The Labute approximate surface area is 158 Å². The number of rotatable bonds is 5. The first-order chi connectivity index (χ1) is 12.1. The third-order valence-corrected chi connectivity index (χ3v) is 7.04.